The van der Waals surface area contributed by atoms with Crippen LogP contribution in [0.4, 0.5) is 4.79 Å². The van der Waals surface area contributed by atoms with E-state index in [9.17, 15) is 4.79 Å². The van der Waals surface area contributed by atoms with Crippen molar-refractivity contribution in [2.45, 2.75) is 64.5 Å². The highest BCUT2D eigenvalue weighted by Gasteiger charge is 2.20. The third-order valence-corrected chi connectivity index (χ3v) is 2.33. The Bertz CT molecular complexity index is 193. The van der Waals surface area contributed by atoms with Crippen molar-refractivity contribution in [1.82, 2.24) is 5.32 Å². The van der Waals surface area contributed by atoms with Crippen molar-refractivity contribution in [2.75, 3.05) is 7.11 Å². The van der Waals surface area contributed by atoms with Crippen LogP contribution in [0.3, 0.4) is 0 Å². The van der Waals surface area contributed by atoms with Gasteiger partial charge in [0.1, 0.15) is 5.60 Å². The molecular formula is C12H25NO3. The molecule has 0 heterocycles. The molecule has 1 aliphatic carbocycles. The van der Waals surface area contributed by atoms with E-state index in [1.807, 2.05) is 20.8 Å². The molecule has 0 radical (unpaired) electrons. The van der Waals surface area contributed by atoms with Crippen LogP contribution in [0.15, 0.2) is 0 Å². The zero-order chi connectivity index (χ0) is 12.6. The van der Waals surface area contributed by atoms with Crippen LogP contribution in [-0.4, -0.2) is 30.0 Å². The standard InChI is InChI=1S/C11H21NO2.CH4O/c1-11(2,3)14-10(13)12-9-7-5-4-6-8-9;1-2/h9H,4-8H2,1-3H3,(H,12,13);2H,1H3. The molecule has 0 bridgehead atoms. The van der Waals surface area contributed by atoms with E-state index in [1.165, 1.54) is 19.3 Å². The molecule has 4 heteroatoms. The number of aliphatic hydroxyl groups excluding tert-OH is 1. The van der Waals surface area contributed by atoms with Gasteiger partial charge in [0.15, 0.2) is 0 Å². The predicted molar refractivity (Wildman–Crippen MR) is 64.4 cm³/mol. The van der Waals surface area contributed by atoms with E-state index >= 15 is 0 Å². The van der Waals surface area contributed by atoms with E-state index in [-0.39, 0.29) is 6.09 Å². The number of nitrogens with one attached hydrogen (secondary N) is 1. The third kappa shape index (κ3) is 7.51. The van der Waals surface area contributed by atoms with Gasteiger partial charge < -0.3 is 15.2 Å². The average molecular weight is 231 g/mol. The lowest BCUT2D eigenvalue weighted by Crippen LogP contribution is -2.39. The first-order chi connectivity index (χ1) is 7.47. The third-order valence-electron chi connectivity index (χ3n) is 2.33. The van der Waals surface area contributed by atoms with Crippen LogP contribution < -0.4 is 5.32 Å². The van der Waals surface area contributed by atoms with Gasteiger partial charge in [0.25, 0.3) is 0 Å². The van der Waals surface area contributed by atoms with Gasteiger partial charge in [-0.05, 0) is 33.6 Å². The van der Waals surface area contributed by atoms with Crippen LogP contribution >= 0.6 is 0 Å². The predicted octanol–water partition coefficient (Wildman–Crippen LogP) is 2.45. The number of hydrogen-bond acceptors (Lipinski definition) is 3. The van der Waals surface area contributed by atoms with Crippen molar-refractivity contribution in [3.8, 4) is 0 Å². The minimum absolute atomic E-state index is 0.274. The second-order valence-electron chi connectivity index (χ2n) is 4.98. The molecule has 16 heavy (non-hydrogen) atoms. The monoisotopic (exact) mass is 231 g/mol. The summed E-state index contributed by atoms with van der Waals surface area (Å²) in [5.74, 6) is 0. The molecule has 1 saturated carbocycles. The van der Waals surface area contributed by atoms with Crippen molar-refractivity contribution in [2.24, 2.45) is 0 Å². The lowest BCUT2D eigenvalue weighted by atomic mass is 9.96. The minimum atomic E-state index is -0.390. The average Bonchev–Trinajstić information content (AvgIpc) is 2.19. The molecule has 0 aliphatic heterocycles. The Kier molecular flexibility index (Phi) is 7.13. The number of hydrogen-bond donors (Lipinski definition) is 2. The van der Waals surface area contributed by atoms with Gasteiger partial charge in [-0.1, -0.05) is 19.3 Å². The SMILES string of the molecule is CC(C)(C)OC(=O)NC1CCCCC1.CO. The highest BCUT2D eigenvalue weighted by atomic mass is 16.6. The van der Waals surface area contributed by atoms with Crippen LogP contribution in [-0.2, 0) is 4.74 Å². The Morgan fingerprint density at radius 3 is 2.12 bits per heavy atom. The summed E-state index contributed by atoms with van der Waals surface area (Å²) in [6, 6.07) is 0.332. The van der Waals surface area contributed by atoms with Crippen LogP contribution in [0.5, 0.6) is 0 Å². The second kappa shape index (κ2) is 7.49. The smallest absolute Gasteiger partial charge is 0.407 e. The molecule has 0 saturated heterocycles. The van der Waals surface area contributed by atoms with Gasteiger partial charge in [0.05, 0.1) is 0 Å². The summed E-state index contributed by atoms with van der Waals surface area (Å²) in [7, 11) is 1.00. The summed E-state index contributed by atoms with van der Waals surface area (Å²) in [5.41, 5.74) is -0.390. The number of carbonyl (C=O) groups is 1. The van der Waals surface area contributed by atoms with E-state index < -0.39 is 5.60 Å². The number of ether oxygens (including phenoxy) is 1. The Labute approximate surface area is 98.4 Å². The van der Waals surface area contributed by atoms with Crippen molar-refractivity contribution >= 4 is 6.09 Å². The van der Waals surface area contributed by atoms with Crippen LogP contribution in [0.25, 0.3) is 0 Å². The Hall–Kier alpha value is -0.770. The Morgan fingerprint density at radius 1 is 1.19 bits per heavy atom. The highest BCUT2D eigenvalue weighted by molar-refractivity contribution is 5.68. The van der Waals surface area contributed by atoms with Crippen LogP contribution in [0, 0.1) is 0 Å². The zero-order valence-corrected chi connectivity index (χ0v) is 10.9. The second-order valence-corrected chi connectivity index (χ2v) is 4.98. The lowest BCUT2D eigenvalue weighted by Gasteiger charge is -2.25. The molecule has 0 aromatic heterocycles. The Balaban J connectivity index is 0.00000106. The molecule has 0 spiro atoms. The van der Waals surface area contributed by atoms with Crippen molar-refractivity contribution in [1.29, 1.82) is 0 Å². The summed E-state index contributed by atoms with van der Waals surface area (Å²) in [5, 5.41) is 9.91. The summed E-state index contributed by atoms with van der Waals surface area (Å²) in [6.07, 6.45) is 5.66. The molecule has 96 valence electrons. The highest BCUT2D eigenvalue weighted by Crippen LogP contribution is 2.18. The molecule has 1 aliphatic rings. The number of rotatable bonds is 1. The first-order valence-electron chi connectivity index (χ1n) is 5.91. The van der Waals surface area contributed by atoms with E-state index in [0.29, 0.717) is 6.04 Å². The minimum Gasteiger partial charge on any atom is -0.444 e. The molecule has 2 N–H and O–H groups in total. The van der Waals surface area contributed by atoms with Crippen molar-refractivity contribution in [3.05, 3.63) is 0 Å². The summed E-state index contributed by atoms with van der Waals surface area (Å²) in [6.45, 7) is 5.65. The molecule has 1 fully saturated rings. The maximum Gasteiger partial charge on any atom is 0.407 e. The summed E-state index contributed by atoms with van der Waals surface area (Å²) >= 11 is 0. The van der Waals surface area contributed by atoms with Crippen molar-refractivity contribution in [3.63, 3.8) is 0 Å². The number of alkyl carbamates (subject to hydrolysis) is 1. The lowest BCUT2D eigenvalue weighted by molar-refractivity contribution is 0.0493. The van der Waals surface area contributed by atoms with Gasteiger partial charge >= 0.3 is 6.09 Å². The molecule has 1 rings (SSSR count). The normalized spacial score (nSPS) is 17.1. The molecule has 0 aromatic rings. The first-order valence-corrected chi connectivity index (χ1v) is 5.91. The van der Waals surface area contributed by atoms with Gasteiger partial charge in [0, 0.05) is 13.2 Å². The van der Waals surface area contributed by atoms with E-state index in [4.69, 9.17) is 9.84 Å². The Morgan fingerprint density at radius 2 is 1.69 bits per heavy atom. The fraction of sp³-hybridized carbons (Fsp3) is 0.917. The summed E-state index contributed by atoms with van der Waals surface area (Å²) < 4.78 is 5.19. The maximum absolute atomic E-state index is 11.4. The van der Waals surface area contributed by atoms with E-state index in [2.05, 4.69) is 5.32 Å². The van der Waals surface area contributed by atoms with Gasteiger partial charge in [0.2, 0.25) is 0 Å². The van der Waals surface area contributed by atoms with Crippen LogP contribution in [0.2, 0.25) is 0 Å². The number of amides is 1. The zero-order valence-electron chi connectivity index (χ0n) is 10.9. The fourth-order valence-corrected chi connectivity index (χ4v) is 1.72. The van der Waals surface area contributed by atoms with Crippen LogP contribution in [0.1, 0.15) is 52.9 Å². The molecular weight excluding hydrogens is 206 g/mol. The molecule has 0 aromatic carbocycles. The largest absolute Gasteiger partial charge is 0.444 e. The van der Waals surface area contributed by atoms with Gasteiger partial charge in [-0.3, -0.25) is 0 Å². The number of aliphatic hydroxyl groups is 1. The van der Waals surface area contributed by atoms with E-state index in [0.717, 1.165) is 20.0 Å². The number of carbonyl (C=O) groups excluding carboxylic acids is 1. The van der Waals surface area contributed by atoms with Gasteiger partial charge in [-0.2, -0.15) is 0 Å². The van der Waals surface area contributed by atoms with Crippen molar-refractivity contribution < 1.29 is 14.6 Å². The molecule has 0 atom stereocenters. The van der Waals surface area contributed by atoms with Gasteiger partial charge in [-0.25, -0.2) is 4.79 Å². The fourth-order valence-electron chi connectivity index (χ4n) is 1.72. The van der Waals surface area contributed by atoms with E-state index in [1.54, 1.807) is 0 Å². The molecule has 1 amide bonds. The molecule has 4 nitrogen and oxygen atoms in total. The van der Waals surface area contributed by atoms with Gasteiger partial charge in [-0.15, -0.1) is 0 Å². The maximum atomic E-state index is 11.4. The molecule has 0 unspecified atom stereocenters. The summed E-state index contributed by atoms with van der Waals surface area (Å²) in [4.78, 5) is 11.4. The first kappa shape index (κ1) is 15.2. The topological polar surface area (TPSA) is 58.6 Å². The quantitative estimate of drug-likeness (QED) is 0.728.